The van der Waals surface area contributed by atoms with Gasteiger partial charge >= 0.3 is 0 Å². The summed E-state index contributed by atoms with van der Waals surface area (Å²) in [6.45, 7) is 2.15. The zero-order valence-electron chi connectivity index (χ0n) is 11.7. The van der Waals surface area contributed by atoms with Crippen LogP contribution in [-0.2, 0) is 4.79 Å². The monoisotopic (exact) mass is 272 g/mol. The number of hydrogen-bond acceptors (Lipinski definition) is 3. The maximum Gasteiger partial charge on any atom is 0.254 e. The predicted molar refractivity (Wildman–Crippen MR) is 75.5 cm³/mol. The minimum atomic E-state index is -1.22. The fraction of sp³-hybridized carbons (Fsp3) is 0.500. The number of nitrogens with zero attached hydrogens (tertiary/aromatic N) is 1. The van der Waals surface area contributed by atoms with Gasteiger partial charge in [0.15, 0.2) is 6.10 Å². The van der Waals surface area contributed by atoms with Gasteiger partial charge in [0.25, 0.3) is 5.91 Å². The van der Waals surface area contributed by atoms with Crippen LogP contribution in [-0.4, -0.2) is 16.6 Å². The summed E-state index contributed by atoms with van der Waals surface area (Å²) in [7, 11) is 0. The highest BCUT2D eigenvalue weighted by Gasteiger charge is 2.37. The summed E-state index contributed by atoms with van der Waals surface area (Å²) in [5.74, 6) is 0.0970. The van der Waals surface area contributed by atoms with E-state index in [1.165, 1.54) is 0 Å². The molecule has 4 nitrogen and oxygen atoms in total. The second-order valence-corrected chi connectivity index (χ2v) is 5.68. The average Bonchev–Trinajstić information content (AvgIpc) is 2.50. The number of nitriles is 1. The Balaban J connectivity index is 2.05. The Morgan fingerprint density at radius 3 is 2.55 bits per heavy atom. The van der Waals surface area contributed by atoms with Crippen LogP contribution in [0.3, 0.4) is 0 Å². The van der Waals surface area contributed by atoms with Crippen molar-refractivity contribution in [3.8, 4) is 6.07 Å². The zero-order valence-corrected chi connectivity index (χ0v) is 11.7. The summed E-state index contributed by atoms with van der Waals surface area (Å²) >= 11 is 0. The van der Waals surface area contributed by atoms with Crippen molar-refractivity contribution in [1.29, 1.82) is 5.26 Å². The Labute approximate surface area is 119 Å². The van der Waals surface area contributed by atoms with Crippen LogP contribution >= 0.6 is 0 Å². The summed E-state index contributed by atoms with van der Waals surface area (Å²) < 4.78 is 0. The van der Waals surface area contributed by atoms with Gasteiger partial charge in [-0.3, -0.25) is 4.79 Å². The fourth-order valence-corrected chi connectivity index (χ4v) is 2.61. The van der Waals surface area contributed by atoms with Gasteiger partial charge in [-0.1, -0.05) is 37.3 Å². The van der Waals surface area contributed by atoms with Crippen molar-refractivity contribution in [2.24, 2.45) is 5.92 Å². The maximum atomic E-state index is 12.1. The third-order valence-electron chi connectivity index (χ3n) is 4.07. The van der Waals surface area contributed by atoms with E-state index in [2.05, 4.69) is 18.3 Å². The van der Waals surface area contributed by atoms with E-state index < -0.39 is 17.6 Å². The molecule has 0 spiro atoms. The van der Waals surface area contributed by atoms with Gasteiger partial charge in [0.1, 0.15) is 5.54 Å². The number of amides is 1. The van der Waals surface area contributed by atoms with Gasteiger partial charge in [0.2, 0.25) is 0 Å². The van der Waals surface area contributed by atoms with E-state index >= 15 is 0 Å². The quantitative estimate of drug-likeness (QED) is 0.886. The maximum absolute atomic E-state index is 12.1. The first kappa shape index (κ1) is 14.5. The molecule has 20 heavy (non-hydrogen) atoms. The fourth-order valence-electron chi connectivity index (χ4n) is 2.61. The van der Waals surface area contributed by atoms with E-state index in [0.717, 1.165) is 12.8 Å². The molecule has 0 saturated heterocycles. The summed E-state index contributed by atoms with van der Waals surface area (Å²) in [6, 6.07) is 11.0. The molecule has 0 bridgehead atoms. The Hall–Kier alpha value is -1.86. The van der Waals surface area contributed by atoms with Crippen LogP contribution < -0.4 is 5.32 Å². The van der Waals surface area contributed by atoms with Gasteiger partial charge in [0.05, 0.1) is 6.07 Å². The van der Waals surface area contributed by atoms with Crippen molar-refractivity contribution in [3.05, 3.63) is 35.9 Å². The molecule has 0 heterocycles. The first-order valence-electron chi connectivity index (χ1n) is 7.02. The van der Waals surface area contributed by atoms with Crippen LogP contribution in [0.5, 0.6) is 0 Å². The van der Waals surface area contributed by atoms with E-state index in [0.29, 0.717) is 24.3 Å². The molecule has 1 atom stereocenters. The van der Waals surface area contributed by atoms with Crippen molar-refractivity contribution in [2.75, 3.05) is 0 Å². The number of hydrogen-bond donors (Lipinski definition) is 2. The number of aliphatic hydroxyl groups is 1. The Bertz CT molecular complexity index is 499. The molecule has 0 aliphatic heterocycles. The highest BCUT2D eigenvalue weighted by atomic mass is 16.3. The van der Waals surface area contributed by atoms with Crippen molar-refractivity contribution < 1.29 is 9.90 Å². The van der Waals surface area contributed by atoms with Crippen LogP contribution in [0.2, 0.25) is 0 Å². The Morgan fingerprint density at radius 2 is 2.00 bits per heavy atom. The van der Waals surface area contributed by atoms with Crippen molar-refractivity contribution in [1.82, 2.24) is 5.32 Å². The normalized spacial score (nSPS) is 27.4. The molecule has 1 unspecified atom stereocenters. The lowest BCUT2D eigenvalue weighted by Gasteiger charge is -2.34. The molecule has 2 N–H and O–H groups in total. The van der Waals surface area contributed by atoms with Crippen LogP contribution in [0.15, 0.2) is 30.3 Å². The molecule has 1 aliphatic rings. The summed E-state index contributed by atoms with van der Waals surface area (Å²) in [5, 5.41) is 22.2. The van der Waals surface area contributed by atoms with Gasteiger partial charge in [-0.15, -0.1) is 0 Å². The first-order chi connectivity index (χ1) is 9.56. The van der Waals surface area contributed by atoms with E-state index in [1.54, 1.807) is 24.3 Å². The summed E-state index contributed by atoms with van der Waals surface area (Å²) in [4.78, 5) is 12.1. The molecule has 0 aromatic heterocycles. The number of carbonyl (C=O) groups excluding carboxylic acids is 1. The molecular weight excluding hydrogens is 252 g/mol. The lowest BCUT2D eigenvalue weighted by atomic mass is 9.78. The highest BCUT2D eigenvalue weighted by molar-refractivity contribution is 5.83. The zero-order chi connectivity index (χ0) is 14.6. The number of rotatable bonds is 3. The molecule has 1 amide bonds. The SMILES string of the molecule is CC1CCC(C#N)(NC(=O)C(O)c2ccccc2)CC1. The van der Waals surface area contributed by atoms with Crippen molar-refractivity contribution in [3.63, 3.8) is 0 Å². The molecule has 4 heteroatoms. The molecule has 1 fully saturated rings. The first-order valence-corrected chi connectivity index (χ1v) is 7.02. The third kappa shape index (κ3) is 3.17. The number of nitrogens with one attached hydrogen (secondary N) is 1. The smallest absolute Gasteiger partial charge is 0.254 e. The molecule has 1 saturated carbocycles. The van der Waals surface area contributed by atoms with Crippen molar-refractivity contribution >= 4 is 5.91 Å². The minimum absolute atomic E-state index is 0.493. The van der Waals surface area contributed by atoms with E-state index in [4.69, 9.17) is 0 Å². The third-order valence-corrected chi connectivity index (χ3v) is 4.07. The van der Waals surface area contributed by atoms with E-state index in [9.17, 15) is 15.2 Å². The minimum Gasteiger partial charge on any atom is -0.378 e. The number of aliphatic hydroxyl groups excluding tert-OH is 1. The lowest BCUT2D eigenvalue weighted by Crippen LogP contribution is -2.51. The molecule has 1 aromatic carbocycles. The topological polar surface area (TPSA) is 73.1 Å². The van der Waals surface area contributed by atoms with Gasteiger partial charge in [-0.2, -0.15) is 5.26 Å². The van der Waals surface area contributed by atoms with Crippen LogP contribution in [0.1, 0.15) is 44.3 Å². The van der Waals surface area contributed by atoms with E-state index in [1.807, 2.05) is 6.07 Å². The largest absolute Gasteiger partial charge is 0.378 e. The average molecular weight is 272 g/mol. The summed E-state index contributed by atoms with van der Waals surface area (Å²) in [6.07, 6.45) is 1.93. The van der Waals surface area contributed by atoms with Gasteiger partial charge in [0, 0.05) is 0 Å². The Kier molecular flexibility index (Phi) is 4.41. The number of benzene rings is 1. The second-order valence-electron chi connectivity index (χ2n) is 5.68. The molecule has 106 valence electrons. The van der Waals surface area contributed by atoms with Crippen LogP contribution in [0.25, 0.3) is 0 Å². The highest BCUT2D eigenvalue weighted by Crippen LogP contribution is 2.32. The standard InChI is InChI=1S/C16H20N2O2/c1-12-7-9-16(11-17,10-8-12)18-15(20)14(19)13-5-3-2-4-6-13/h2-6,12,14,19H,7-10H2,1H3,(H,18,20). The van der Waals surface area contributed by atoms with Gasteiger partial charge < -0.3 is 10.4 Å². The molecule has 1 aliphatic carbocycles. The van der Waals surface area contributed by atoms with Gasteiger partial charge in [-0.25, -0.2) is 0 Å². The second kappa shape index (κ2) is 6.06. The molecular formula is C16H20N2O2. The van der Waals surface area contributed by atoms with E-state index in [-0.39, 0.29) is 0 Å². The molecule has 1 aromatic rings. The lowest BCUT2D eigenvalue weighted by molar-refractivity contribution is -0.131. The Morgan fingerprint density at radius 1 is 1.40 bits per heavy atom. The molecule has 0 radical (unpaired) electrons. The van der Waals surface area contributed by atoms with Crippen LogP contribution in [0.4, 0.5) is 0 Å². The number of carbonyl (C=O) groups is 1. The molecule has 2 rings (SSSR count). The summed E-state index contributed by atoms with van der Waals surface area (Å²) in [5.41, 5.74) is -0.276. The van der Waals surface area contributed by atoms with Crippen molar-refractivity contribution in [2.45, 2.75) is 44.2 Å². The van der Waals surface area contributed by atoms with Crippen LogP contribution in [0, 0.1) is 17.2 Å². The van der Waals surface area contributed by atoms with Gasteiger partial charge in [-0.05, 0) is 37.2 Å². The predicted octanol–water partition coefficient (Wildman–Crippen LogP) is 2.31.